The van der Waals surface area contributed by atoms with E-state index in [0.29, 0.717) is 5.75 Å². The van der Waals surface area contributed by atoms with Crippen LogP contribution in [0.3, 0.4) is 0 Å². The van der Waals surface area contributed by atoms with Crippen LogP contribution >= 0.6 is 11.8 Å². The Kier molecular flexibility index (Phi) is 4.31. The third-order valence-corrected chi connectivity index (χ3v) is 3.53. The normalized spacial score (nSPS) is 11.8. The maximum Gasteiger partial charge on any atom is 0.123 e. The van der Waals surface area contributed by atoms with Crippen LogP contribution in [0.4, 0.5) is 0 Å². The second-order valence-electron chi connectivity index (χ2n) is 5.21. The molecule has 1 aromatic rings. The molecule has 0 spiro atoms. The van der Waals surface area contributed by atoms with E-state index in [1.165, 1.54) is 5.56 Å². The minimum atomic E-state index is 0.00172. The third-order valence-electron chi connectivity index (χ3n) is 2.60. The summed E-state index contributed by atoms with van der Waals surface area (Å²) in [6.45, 7) is 10.6. The lowest BCUT2D eigenvalue weighted by atomic mass is 9.84. The van der Waals surface area contributed by atoms with Crippen LogP contribution in [-0.4, -0.2) is 10.9 Å². The summed E-state index contributed by atoms with van der Waals surface area (Å²) in [6, 6.07) is 4.18. The second kappa shape index (κ2) is 5.13. The number of hydrogen-bond acceptors (Lipinski definition) is 2. The topological polar surface area (TPSA) is 20.2 Å². The van der Waals surface area contributed by atoms with Crippen molar-refractivity contribution in [2.24, 2.45) is 0 Å². The van der Waals surface area contributed by atoms with Crippen LogP contribution in [0.15, 0.2) is 12.1 Å². The van der Waals surface area contributed by atoms with Crippen LogP contribution in [0.25, 0.3) is 0 Å². The zero-order valence-corrected chi connectivity index (χ0v) is 11.7. The molecule has 2 heteroatoms. The molecule has 0 fully saturated rings. The number of phenols is 1. The van der Waals surface area contributed by atoms with Gasteiger partial charge in [-0.15, -0.1) is 0 Å². The number of benzene rings is 1. The molecule has 0 aliphatic carbocycles. The van der Waals surface area contributed by atoms with Gasteiger partial charge in [-0.3, -0.25) is 0 Å². The van der Waals surface area contributed by atoms with Gasteiger partial charge in [0.15, 0.2) is 0 Å². The van der Waals surface area contributed by atoms with Gasteiger partial charge in [0.05, 0.1) is 0 Å². The van der Waals surface area contributed by atoms with Gasteiger partial charge in [-0.25, -0.2) is 0 Å². The summed E-state index contributed by atoms with van der Waals surface area (Å²) < 4.78 is 0. The lowest BCUT2D eigenvalue weighted by Gasteiger charge is -2.22. The van der Waals surface area contributed by atoms with Gasteiger partial charge in [0, 0.05) is 11.3 Å². The molecule has 16 heavy (non-hydrogen) atoms. The molecule has 0 amide bonds. The van der Waals surface area contributed by atoms with Crippen LogP contribution in [0, 0.1) is 6.92 Å². The maximum atomic E-state index is 10.3. The van der Waals surface area contributed by atoms with Gasteiger partial charge in [-0.1, -0.05) is 45.4 Å². The van der Waals surface area contributed by atoms with E-state index in [-0.39, 0.29) is 5.41 Å². The molecule has 1 aromatic carbocycles. The van der Waals surface area contributed by atoms with Gasteiger partial charge >= 0.3 is 0 Å². The Morgan fingerprint density at radius 3 is 2.38 bits per heavy atom. The van der Waals surface area contributed by atoms with Gasteiger partial charge in [-0.05, 0) is 23.7 Å². The van der Waals surface area contributed by atoms with Crippen molar-refractivity contribution in [3.8, 4) is 5.75 Å². The summed E-state index contributed by atoms with van der Waals surface area (Å²) in [6.07, 6.45) is 0. The molecule has 0 heterocycles. The molecule has 0 unspecified atom stereocenters. The van der Waals surface area contributed by atoms with E-state index in [4.69, 9.17) is 0 Å². The van der Waals surface area contributed by atoms with Gasteiger partial charge < -0.3 is 5.11 Å². The smallest absolute Gasteiger partial charge is 0.123 e. The van der Waals surface area contributed by atoms with E-state index in [0.717, 1.165) is 22.6 Å². The van der Waals surface area contributed by atoms with Gasteiger partial charge in [-0.2, -0.15) is 11.8 Å². The molecule has 0 saturated heterocycles. The summed E-state index contributed by atoms with van der Waals surface area (Å²) >= 11 is 1.84. The summed E-state index contributed by atoms with van der Waals surface area (Å²) in [5.41, 5.74) is 3.35. The van der Waals surface area contributed by atoms with Crippen molar-refractivity contribution in [3.63, 3.8) is 0 Å². The molecule has 0 bridgehead atoms. The van der Waals surface area contributed by atoms with Crippen molar-refractivity contribution in [2.75, 3.05) is 5.75 Å². The molecule has 0 saturated carbocycles. The minimum Gasteiger partial charge on any atom is -0.507 e. The van der Waals surface area contributed by atoms with Crippen molar-refractivity contribution in [2.45, 2.75) is 45.8 Å². The Bertz CT molecular complexity index is 364. The standard InChI is InChI=1S/C14H22OS/c1-6-16-9-11-7-10(2)8-12(13(11)15)14(3,4)5/h7-8,15H,6,9H2,1-5H3. The van der Waals surface area contributed by atoms with E-state index in [2.05, 4.69) is 46.8 Å². The number of aromatic hydroxyl groups is 1. The largest absolute Gasteiger partial charge is 0.507 e. The number of aryl methyl sites for hydroxylation is 1. The number of thioether (sulfide) groups is 1. The summed E-state index contributed by atoms with van der Waals surface area (Å²) in [4.78, 5) is 0. The van der Waals surface area contributed by atoms with Gasteiger partial charge in [0.25, 0.3) is 0 Å². The maximum absolute atomic E-state index is 10.3. The molecule has 1 nitrogen and oxygen atoms in total. The minimum absolute atomic E-state index is 0.00172. The van der Waals surface area contributed by atoms with Gasteiger partial charge in [0.1, 0.15) is 5.75 Å². The Morgan fingerprint density at radius 2 is 1.88 bits per heavy atom. The highest BCUT2D eigenvalue weighted by Gasteiger charge is 2.20. The third kappa shape index (κ3) is 3.18. The Balaban J connectivity index is 3.16. The molecule has 0 aromatic heterocycles. The van der Waals surface area contributed by atoms with E-state index in [1.807, 2.05) is 11.8 Å². The van der Waals surface area contributed by atoms with Crippen LogP contribution in [-0.2, 0) is 11.2 Å². The highest BCUT2D eigenvalue weighted by Crippen LogP contribution is 2.35. The highest BCUT2D eigenvalue weighted by atomic mass is 32.2. The van der Waals surface area contributed by atoms with Crippen molar-refractivity contribution < 1.29 is 5.11 Å². The Labute approximate surface area is 103 Å². The summed E-state index contributed by atoms with van der Waals surface area (Å²) in [7, 11) is 0. The molecular formula is C14H22OS. The van der Waals surface area contributed by atoms with E-state index in [1.54, 1.807) is 0 Å². The predicted molar refractivity (Wildman–Crippen MR) is 73.4 cm³/mol. The summed E-state index contributed by atoms with van der Waals surface area (Å²) in [5.74, 6) is 2.46. The van der Waals surface area contributed by atoms with Crippen LogP contribution in [0.2, 0.25) is 0 Å². The first-order valence-corrected chi connectivity index (χ1v) is 6.92. The van der Waals surface area contributed by atoms with E-state index < -0.39 is 0 Å². The fourth-order valence-corrected chi connectivity index (χ4v) is 2.39. The fourth-order valence-electron chi connectivity index (χ4n) is 1.75. The number of phenolic OH excluding ortho intramolecular Hbond substituents is 1. The van der Waals surface area contributed by atoms with Crippen LogP contribution < -0.4 is 0 Å². The van der Waals surface area contributed by atoms with E-state index >= 15 is 0 Å². The molecule has 1 N–H and O–H groups in total. The molecule has 0 radical (unpaired) electrons. The number of hydrogen-bond donors (Lipinski definition) is 1. The monoisotopic (exact) mass is 238 g/mol. The van der Waals surface area contributed by atoms with Crippen molar-refractivity contribution in [1.82, 2.24) is 0 Å². The average Bonchev–Trinajstić information content (AvgIpc) is 2.17. The fraction of sp³-hybridized carbons (Fsp3) is 0.571. The van der Waals surface area contributed by atoms with Crippen molar-refractivity contribution in [3.05, 3.63) is 28.8 Å². The first kappa shape index (κ1) is 13.4. The zero-order chi connectivity index (χ0) is 12.3. The first-order valence-electron chi connectivity index (χ1n) is 5.77. The molecule has 0 aliphatic rings. The predicted octanol–water partition coefficient (Wildman–Crippen LogP) is 4.25. The second-order valence-corrected chi connectivity index (χ2v) is 6.48. The number of rotatable bonds is 3. The van der Waals surface area contributed by atoms with Crippen LogP contribution in [0.5, 0.6) is 5.75 Å². The molecule has 90 valence electrons. The molecule has 1 rings (SSSR count). The lowest BCUT2D eigenvalue weighted by Crippen LogP contribution is -2.12. The molecular weight excluding hydrogens is 216 g/mol. The SMILES string of the molecule is CCSCc1cc(C)cc(C(C)(C)C)c1O. The lowest BCUT2D eigenvalue weighted by molar-refractivity contribution is 0.442. The first-order chi connectivity index (χ1) is 7.36. The van der Waals surface area contributed by atoms with E-state index in [9.17, 15) is 5.11 Å². The zero-order valence-electron chi connectivity index (χ0n) is 10.9. The Morgan fingerprint density at radius 1 is 1.25 bits per heavy atom. The highest BCUT2D eigenvalue weighted by molar-refractivity contribution is 7.98. The van der Waals surface area contributed by atoms with Crippen molar-refractivity contribution >= 4 is 11.8 Å². The van der Waals surface area contributed by atoms with Crippen molar-refractivity contribution in [1.29, 1.82) is 0 Å². The summed E-state index contributed by atoms with van der Waals surface area (Å²) in [5, 5.41) is 10.3. The quantitative estimate of drug-likeness (QED) is 0.849. The van der Waals surface area contributed by atoms with Gasteiger partial charge in [0.2, 0.25) is 0 Å². The average molecular weight is 238 g/mol. The molecule has 0 atom stereocenters. The molecule has 0 aliphatic heterocycles. The Hall–Kier alpha value is -0.630. The van der Waals surface area contributed by atoms with Crippen LogP contribution in [0.1, 0.15) is 44.4 Å².